The number of hydrogen-bond donors (Lipinski definition) is 2. The second-order valence-corrected chi connectivity index (χ2v) is 4.76. The number of methoxy groups -OCH3 is 1. The molecule has 1 heterocycles. The SMILES string of the molecule is CCC(N)(CC)C(=O)Nc1ccc(=O)n(CCOC)c1. The van der Waals surface area contributed by atoms with E-state index in [0.717, 1.165) is 0 Å². The van der Waals surface area contributed by atoms with Crippen molar-refractivity contribution in [3.05, 3.63) is 28.7 Å². The summed E-state index contributed by atoms with van der Waals surface area (Å²) in [6.45, 7) is 4.63. The van der Waals surface area contributed by atoms with Gasteiger partial charge in [0.1, 0.15) is 0 Å². The summed E-state index contributed by atoms with van der Waals surface area (Å²) >= 11 is 0. The first-order valence-corrected chi connectivity index (χ1v) is 6.76. The van der Waals surface area contributed by atoms with E-state index in [0.29, 0.717) is 31.7 Å². The van der Waals surface area contributed by atoms with Crippen LogP contribution < -0.4 is 16.6 Å². The maximum atomic E-state index is 12.2. The van der Waals surface area contributed by atoms with Crippen molar-refractivity contribution in [1.29, 1.82) is 0 Å². The Hall–Kier alpha value is -1.66. The highest BCUT2D eigenvalue weighted by Crippen LogP contribution is 2.14. The Morgan fingerprint density at radius 2 is 2.05 bits per heavy atom. The van der Waals surface area contributed by atoms with Gasteiger partial charge >= 0.3 is 0 Å². The van der Waals surface area contributed by atoms with Gasteiger partial charge in [-0.05, 0) is 18.9 Å². The molecule has 1 aromatic heterocycles. The van der Waals surface area contributed by atoms with Crippen LogP contribution in [0.15, 0.2) is 23.1 Å². The number of nitrogens with two attached hydrogens (primary N) is 1. The molecule has 0 aromatic carbocycles. The number of hydrogen-bond acceptors (Lipinski definition) is 4. The van der Waals surface area contributed by atoms with Gasteiger partial charge in [-0.15, -0.1) is 0 Å². The number of rotatable bonds is 7. The molecule has 0 bridgehead atoms. The molecule has 3 N–H and O–H groups in total. The highest BCUT2D eigenvalue weighted by atomic mass is 16.5. The van der Waals surface area contributed by atoms with E-state index < -0.39 is 5.54 Å². The number of pyridine rings is 1. The average molecular weight is 281 g/mol. The molecule has 0 aliphatic rings. The summed E-state index contributed by atoms with van der Waals surface area (Å²) < 4.78 is 6.44. The van der Waals surface area contributed by atoms with Crippen LogP contribution in [-0.4, -0.2) is 29.7 Å². The standard InChI is InChI=1S/C14H23N3O3/c1-4-14(15,5-2)13(19)16-11-6-7-12(18)17(10-11)8-9-20-3/h6-7,10H,4-5,8-9,15H2,1-3H3,(H,16,19). The first-order chi connectivity index (χ1) is 9.46. The number of carbonyl (C=O) groups is 1. The van der Waals surface area contributed by atoms with Crippen LogP contribution >= 0.6 is 0 Å². The summed E-state index contributed by atoms with van der Waals surface area (Å²) in [5.74, 6) is -0.237. The number of nitrogens with zero attached hydrogens (tertiary/aromatic N) is 1. The zero-order valence-electron chi connectivity index (χ0n) is 12.3. The molecule has 1 amide bonds. The van der Waals surface area contributed by atoms with Gasteiger partial charge in [0.05, 0.1) is 17.8 Å². The third-order valence-electron chi connectivity index (χ3n) is 3.49. The molecule has 0 radical (unpaired) electrons. The van der Waals surface area contributed by atoms with Crippen LogP contribution in [0, 0.1) is 0 Å². The van der Waals surface area contributed by atoms with Gasteiger partial charge in [-0.1, -0.05) is 13.8 Å². The van der Waals surface area contributed by atoms with Gasteiger partial charge < -0.3 is 20.4 Å². The molecule has 0 spiro atoms. The number of ether oxygens (including phenoxy) is 1. The Morgan fingerprint density at radius 1 is 1.40 bits per heavy atom. The molecule has 1 rings (SSSR count). The Kier molecular flexibility index (Phi) is 5.91. The second kappa shape index (κ2) is 7.21. The number of anilines is 1. The van der Waals surface area contributed by atoms with E-state index >= 15 is 0 Å². The fraction of sp³-hybridized carbons (Fsp3) is 0.571. The molecule has 0 fully saturated rings. The lowest BCUT2D eigenvalue weighted by atomic mass is 9.93. The van der Waals surface area contributed by atoms with Crippen molar-refractivity contribution >= 4 is 11.6 Å². The molecule has 0 aliphatic heterocycles. The van der Waals surface area contributed by atoms with Gasteiger partial charge in [0.15, 0.2) is 0 Å². The van der Waals surface area contributed by atoms with Crippen molar-refractivity contribution in [3.63, 3.8) is 0 Å². The van der Waals surface area contributed by atoms with Gasteiger partial charge in [-0.25, -0.2) is 0 Å². The Bertz CT molecular complexity index is 507. The van der Waals surface area contributed by atoms with Crippen molar-refractivity contribution in [1.82, 2.24) is 4.57 Å². The lowest BCUT2D eigenvalue weighted by Crippen LogP contribution is -2.50. The van der Waals surface area contributed by atoms with Crippen LogP contribution in [0.2, 0.25) is 0 Å². The van der Waals surface area contributed by atoms with E-state index in [-0.39, 0.29) is 11.5 Å². The van der Waals surface area contributed by atoms with Gasteiger partial charge in [0.25, 0.3) is 5.56 Å². The normalized spacial score (nSPS) is 11.4. The molecular formula is C14H23N3O3. The number of nitrogens with one attached hydrogen (secondary N) is 1. The predicted octanol–water partition coefficient (Wildman–Crippen LogP) is 0.951. The monoisotopic (exact) mass is 281 g/mol. The minimum atomic E-state index is -0.881. The van der Waals surface area contributed by atoms with Crippen LogP contribution in [0.3, 0.4) is 0 Å². The molecule has 0 saturated carbocycles. The van der Waals surface area contributed by atoms with Crippen molar-refractivity contribution in [3.8, 4) is 0 Å². The number of aromatic nitrogens is 1. The highest BCUT2D eigenvalue weighted by molar-refractivity contribution is 5.97. The maximum absolute atomic E-state index is 12.2. The summed E-state index contributed by atoms with van der Waals surface area (Å²) in [5.41, 5.74) is 5.58. The smallest absolute Gasteiger partial charge is 0.250 e. The van der Waals surface area contributed by atoms with E-state index in [2.05, 4.69) is 5.32 Å². The van der Waals surface area contributed by atoms with Crippen LogP contribution in [0.25, 0.3) is 0 Å². The third kappa shape index (κ3) is 3.91. The van der Waals surface area contributed by atoms with Crippen molar-refractivity contribution in [2.75, 3.05) is 19.0 Å². The summed E-state index contributed by atoms with van der Waals surface area (Å²) in [4.78, 5) is 23.8. The van der Waals surface area contributed by atoms with Gasteiger partial charge in [0, 0.05) is 25.9 Å². The molecule has 0 saturated heterocycles. The molecule has 6 heteroatoms. The van der Waals surface area contributed by atoms with E-state index in [1.54, 1.807) is 19.4 Å². The van der Waals surface area contributed by atoms with E-state index in [1.165, 1.54) is 10.6 Å². The van der Waals surface area contributed by atoms with Gasteiger partial charge in [-0.3, -0.25) is 9.59 Å². The zero-order valence-corrected chi connectivity index (χ0v) is 12.3. The van der Waals surface area contributed by atoms with Crippen molar-refractivity contribution in [2.24, 2.45) is 5.73 Å². The van der Waals surface area contributed by atoms with Crippen LogP contribution in [0.5, 0.6) is 0 Å². The maximum Gasteiger partial charge on any atom is 0.250 e. The lowest BCUT2D eigenvalue weighted by molar-refractivity contribution is -0.121. The molecule has 0 unspecified atom stereocenters. The predicted molar refractivity (Wildman–Crippen MR) is 78.7 cm³/mol. The number of amides is 1. The van der Waals surface area contributed by atoms with Crippen molar-refractivity contribution in [2.45, 2.75) is 38.8 Å². The molecule has 112 valence electrons. The summed E-state index contributed by atoms with van der Waals surface area (Å²) in [6, 6.07) is 3.00. The fourth-order valence-corrected chi connectivity index (χ4v) is 1.80. The Labute approximate surface area is 118 Å². The first kappa shape index (κ1) is 16.4. The summed E-state index contributed by atoms with van der Waals surface area (Å²) in [5, 5.41) is 2.76. The first-order valence-electron chi connectivity index (χ1n) is 6.76. The minimum absolute atomic E-state index is 0.134. The molecule has 1 aromatic rings. The van der Waals surface area contributed by atoms with E-state index in [1.807, 2.05) is 13.8 Å². The lowest BCUT2D eigenvalue weighted by Gasteiger charge is -2.25. The quantitative estimate of drug-likeness (QED) is 0.779. The molecule has 0 atom stereocenters. The molecule has 20 heavy (non-hydrogen) atoms. The largest absolute Gasteiger partial charge is 0.383 e. The minimum Gasteiger partial charge on any atom is -0.383 e. The topological polar surface area (TPSA) is 86.4 Å². The van der Waals surface area contributed by atoms with Crippen LogP contribution in [0.1, 0.15) is 26.7 Å². The molecular weight excluding hydrogens is 258 g/mol. The van der Waals surface area contributed by atoms with Gasteiger partial charge in [0.2, 0.25) is 5.91 Å². The summed E-state index contributed by atoms with van der Waals surface area (Å²) in [7, 11) is 1.57. The van der Waals surface area contributed by atoms with Crippen LogP contribution in [0.4, 0.5) is 5.69 Å². The van der Waals surface area contributed by atoms with E-state index in [4.69, 9.17) is 10.5 Å². The number of carbonyl (C=O) groups excluding carboxylic acids is 1. The van der Waals surface area contributed by atoms with E-state index in [9.17, 15) is 9.59 Å². The van der Waals surface area contributed by atoms with Crippen molar-refractivity contribution < 1.29 is 9.53 Å². The Morgan fingerprint density at radius 3 is 2.60 bits per heavy atom. The average Bonchev–Trinajstić information content (AvgIpc) is 2.46. The Balaban J connectivity index is 2.88. The second-order valence-electron chi connectivity index (χ2n) is 4.76. The van der Waals surface area contributed by atoms with Crippen LogP contribution in [-0.2, 0) is 16.1 Å². The molecule has 6 nitrogen and oxygen atoms in total. The highest BCUT2D eigenvalue weighted by Gasteiger charge is 2.29. The molecule has 0 aliphatic carbocycles. The fourth-order valence-electron chi connectivity index (χ4n) is 1.80. The third-order valence-corrected chi connectivity index (χ3v) is 3.49. The van der Waals surface area contributed by atoms with Gasteiger partial charge in [-0.2, -0.15) is 0 Å². The zero-order chi connectivity index (χ0) is 15.2. The summed E-state index contributed by atoms with van der Waals surface area (Å²) in [6.07, 6.45) is 2.71.